The fraction of sp³-hybridized carbons (Fsp3) is 0.444. The SMILES string of the molecule is Cc1cc(CNN(C)C)oc1C(=O)O. The van der Waals surface area contributed by atoms with Crippen LogP contribution in [0.1, 0.15) is 21.9 Å². The van der Waals surface area contributed by atoms with E-state index in [-0.39, 0.29) is 5.76 Å². The predicted molar refractivity (Wildman–Crippen MR) is 50.9 cm³/mol. The second-order valence-corrected chi connectivity index (χ2v) is 3.26. The van der Waals surface area contributed by atoms with Crippen molar-refractivity contribution in [2.24, 2.45) is 0 Å². The zero-order chi connectivity index (χ0) is 10.7. The van der Waals surface area contributed by atoms with Crippen molar-refractivity contribution in [1.82, 2.24) is 10.4 Å². The Labute approximate surface area is 82.3 Å². The number of nitrogens with one attached hydrogen (secondary N) is 1. The molecule has 0 saturated carbocycles. The fourth-order valence-electron chi connectivity index (χ4n) is 1.08. The van der Waals surface area contributed by atoms with Crippen molar-refractivity contribution >= 4 is 5.97 Å². The molecule has 0 unspecified atom stereocenters. The second kappa shape index (κ2) is 4.26. The summed E-state index contributed by atoms with van der Waals surface area (Å²) in [5.41, 5.74) is 3.63. The van der Waals surface area contributed by atoms with E-state index in [1.54, 1.807) is 18.0 Å². The highest BCUT2D eigenvalue weighted by molar-refractivity contribution is 5.86. The topological polar surface area (TPSA) is 65.7 Å². The smallest absolute Gasteiger partial charge is 0.372 e. The Morgan fingerprint density at radius 1 is 1.64 bits per heavy atom. The lowest BCUT2D eigenvalue weighted by Gasteiger charge is -2.09. The summed E-state index contributed by atoms with van der Waals surface area (Å²) in [6.07, 6.45) is 0. The van der Waals surface area contributed by atoms with Gasteiger partial charge in [-0.05, 0) is 13.0 Å². The molecule has 14 heavy (non-hydrogen) atoms. The minimum atomic E-state index is -1.03. The number of rotatable bonds is 4. The number of aromatic carboxylic acids is 1. The van der Waals surface area contributed by atoms with Gasteiger partial charge in [-0.15, -0.1) is 0 Å². The predicted octanol–water partition coefficient (Wildman–Crippen LogP) is 0.852. The molecule has 2 N–H and O–H groups in total. The van der Waals surface area contributed by atoms with Gasteiger partial charge in [-0.2, -0.15) is 0 Å². The molecule has 1 aromatic rings. The van der Waals surface area contributed by atoms with E-state index in [1.807, 2.05) is 14.1 Å². The number of hydrogen-bond acceptors (Lipinski definition) is 4. The third-order valence-corrected chi connectivity index (χ3v) is 1.73. The Balaban J connectivity index is 2.71. The lowest BCUT2D eigenvalue weighted by molar-refractivity contribution is 0.0658. The summed E-state index contributed by atoms with van der Waals surface area (Å²) in [4.78, 5) is 10.6. The molecule has 1 aromatic heterocycles. The molecule has 0 saturated heterocycles. The Kier molecular flexibility index (Phi) is 3.27. The van der Waals surface area contributed by atoms with E-state index in [2.05, 4.69) is 5.43 Å². The first-order valence-electron chi connectivity index (χ1n) is 4.24. The summed E-state index contributed by atoms with van der Waals surface area (Å²) in [7, 11) is 3.71. The molecule has 0 amide bonds. The van der Waals surface area contributed by atoms with Gasteiger partial charge in [-0.3, -0.25) is 5.01 Å². The molecule has 5 heteroatoms. The number of nitrogens with zero attached hydrogens (tertiary/aromatic N) is 1. The molecule has 0 atom stereocenters. The third-order valence-electron chi connectivity index (χ3n) is 1.73. The Morgan fingerprint density at radius 2 is 2.29 bits per heavy atom. The van der Waals surface area contributed by atoms with Crippen molar-refractivity contribution in [3.05, 3.63) is 23.2 Å². The average Bonchev–Trinajstić information content (AvgIpc) is 2.43. The molecule has 0 aliphatic carbocycles. The Morgan fingerprint density at radius 3 is 2.71 bits per heavy atom. The van der Waals surface area contributed by atoms with Crippen LogP contribution >= 0.6 is 0 Å². The molecule has 1 rings (SSSR count). The van der Waals surface area contributed by atoms with Crippen LogP contribution in [0.2, 0.25) is 0 Å². The number of furan rings is 1. The quantitative estimate of drug-likeness (QED) is 0.702. The maximum atomic E-state index is 10.6. The first-order valence-corrected chi connectivity index (χ1v) is 4.24. The fourth-order valence-corrected chi connectivity index (χ4v) is 1.08. The van der Waals surface area contributed by atoms with Gasteiger partial charge in [-0.25, -0.2) is 10.2 Å². The number of hydrazine groups is 1. The lowest BCUT2D eigenvalue weighted by atomic mass is 10.2. The van der Waals surface area contributed by atoms with Gasteiger partial charge in [0.05, 0.1) is 6.54 Å². The maximum absolute atomic E-state index is 10.6. The highest BCUT2D eigenvalue weighted by atomic mass is 16.4. The standard InChI is InChI=1S/C9H14N2O3/c1-6-4-7(5-10-11(2)3)14-8(6)9(12)13/h4,10H,5H2,1-3H3,(H,12,13). The van der Waals surface area contributed by atoms with Crippen LogP contribution in [0.15, 0.2) is 10.5 Å². The van der Waals surface area contributed by atoms with E-state index in [0.29, 0.717) is 17.9 Å². The molecule has 0 aromatic carbocycles. The van der Waals surface area contributed by atoms with Gasteiger partial charge in [-0.1, -0.05) is 0 Å². The average molecular weight is 198 g/mol. The van der Waals surface area contributed by atoms with E-state index in [0.717, 1.165) is 0 Å². The van der Waals surface area contributed by atoms with Crippen LogP contribution in [0, 0.1) is 6.92 Å². The van der Waals surface area contributed by atoms with Gasteiger partial charge in [0.2, 0.25) is 5.76 Å². The Hall–Kier alpha value is -1.33. The summed E-state index contributed by atoms with van der Waals surface area (Å²) >= 11 is 0. The molecular formula is C9H14N2O3. The maximum Gasteiger partial charge on any atom is 0.372 e. The van der Waals surface area contributed by atoms with Crippen LogP contribution in [0.5, 0.6) is 0 Å². The van der Waals surface area contributed by atoms with Crippen molar-refractivity contribution in [3.63, 3.8) is 0 Å². The number of carboxylic acid groups (broad SMARTS) is 1. The normalized spacial score (nSPS) is 10.9. The zero-order valence-corrected chi connectivity index (χ0v) is 8.50. The van der Waals surface area contributed by atoms with Crippen LogP contribution in [0.25, 0.3) is 0 Å². The molecule has 0 aliphatic rings. The van der Waals surface area contributed by atoms with Crippen LogP contribution in [-0.4, -0.2) is 30.2 Å². The molecule has 0 fully saturated rings. The van der Waals surface area contributed by atoms with Crippen LogP contribution in [0.4, 0.5) is 0 Å². The van der Waals surface area contributed by atoms with Gasteiger partial charge >= 0.3 is 5.97 Å². The summed E-state index contributed by atoms with van der Waals surface area (Å²) in [6, 6.07) is 1.72. The summed E-state index contributed by atoms with van der Waals surface area (Å²) < 4.78 is 5.14. The largest absolute Gasteiger partial charge is 0.475 e. The lowest BCUT2D eigenvalue weighted by Crippen LogP contribution is -2.29. The highest BCUT2D eigenvalue weighted by Gasteiger charge is 2.13. The molecular weight excluding hydrogens is 184 g/mol. The Bertz CT molecular complexity index is 331. The zero-order valence-electron chi connectivity index (χ0n) is 8.50. The van der Waals surface area contributed by atoms with Gasteiger partial charge in [0.15, 0.2) is 0 Å². The van der Waals surface area contributed by atoms with Crippen molar-refractivity contribution in [3.8, 4) is 0 Å². The van der Waals surface area contributed by atoms with E-state index in [1.165, 1.54) is 0 Å². The molecule has 78 valence electrons. The molecule has 0 radical (unpaired) electrons. The molecule has 5 nitrogen and oxygen atoms in total. The van der Waals surface area contributed by atoms with Crippen molar-refractivity contribution in [1.29, 1.82) is 0 Å². The molecule has 0 bridgehead atoms. The monoisotopic (exact) mass is 198 g/mol. The van der Waals surface area contributed by atoms with E-state index in [9.17, 15) is 4.79 Å². The minimum Gasteiger partial charge on any atom is -0.475 e. The molecule has 0 aliphatic heterocycles. The third kappa shape index (κ3) is 2.58. The minimum absolute atomic E-state index is 0.0144. The molecule has 1 heterocycles. The van der Waals surface area contributed by atoms with Gasteiger partial charge in [0.25, 0.3) is 0 Å². The second-order valence-electron chi connectivity index (χ2n) is 3.26. The highest BCUT2D eigenvalue weighted by Crippen LogP contribution is 2.14. The number of hydrogen-bond donors (Lipinski definition) is 2. The van der Waals surface area contributed by atoms with Gasteiger partial charge in [0.1, 0.15) is 5.76 Å². The number of carbonyl (C=O) groups is 1. The van der Waals surface area contributed by atoms with Crippen LogP contribution < -0.4 is 5.43 Å². The van der Waals surface area contributed by atoms with E-state index < -0.39 is 5.97 Å². The number of aryl methyl sites for hydroxylation is 1. The van der Waals surface area contributed by atoms with Crippen molar-refractivity contribution < 1.29 is 14.3 Å². The van der Waals surface area contributed by atoms with E-state index in [4.69, 9.17) is 9.52 Å². The first-order chi connectivity index (χ1) is 6.50. The van der Waals surface area contributed by atoms with Gasteiger partial charge in [0, 0.05) is 19.7 Å². The summed E-state index contributed by atoms with van der Waals surface area (Å²) in [6.45, 7) is 2.20. The first kappa shape index (κ1) is 10.7. The van der Waals surface area contributed by atoms with Gasteiger partial charge < -0.3 is 9.52 Å². The van der Waals surface area contributed by atoms with Crippen LogP contribution in [-0.2, 0) is 6.54 Å². The molecule has 0 spiro atoms. The van der Waals surface area contributed by atoms with E-state index >= 15 is 0 Å². The number of carboxylic acids is 1. The van der Waals surface area contributed by atoms with Crippen LogP contribution in [0.3, 0.4) is 0 Å². The summed E-state index contributed by atoms with van der Waals surface area (Å²) in [5.74, 6) is -0.396. The summed E-state index contributed by atoms with van der Waals surface area (Å²) in [5, 5.41) is 10.5. The van der Waals surface area contributed by atoms with Crippen molar-refractivity contribution in [2.75, 3.05) is 14.1 Å². The van der Waals surface area contributed by atoms with Crippen molar-refractivity contribution in [2.45, 2.75) is 13.5 Å².